The Morgan fingerprint density at radius 1 is 1.12 bits per heavy atom. The molecule has 0 aromatic heterocycles. The summed E-state index contributed by atoms with van der Waals surface area (Å²) in [5.74, 6) is -0.927. The van der Waals surface area contributed by atoms with Crippen LogP contribution in [0.25, 0.3) is 0 Å². The van der Waals surface area contributed by atoms with Gasteiger partial charge in [-0.2, -0.15) is 5.01 Å². The van der Waals surface area contributed by atoms with Crippen molar-refractivity contribution in [2.75, 3.05) is 6.61 Å². The molecule has 2 aliphatic carbocycles. The molecule has 6 heteroatoms. The smallest absolute Gasteiger partial charge is 0.276 e. The van der Waals surface area contributed by atoms with Crippen molar-refractivity contribution >= 4 is 17.7 Å². The number of fused-ring (bicyclic) bond motifs is 5. The van der Waals surface area contributed by atoms with Crippen LogP contribution in [0.2, 0.25) is 0 Å². The fourth-order valence-corrected chi connectivity index (χ4v) is 3.95. The second-order valence-corrected chi connectivity index (χ2v) is 6.65. The summed E-state index contributed by atoms with van der Waals surface area (Å²) in [6, 6.07) is 7.29. The normalized spacial score (nSPS) is 30.0. The average Bonchev–Trinajstić information content (AvgIpc) is 3.24. The summed E-state index contributed by atoms with van der Waals surface area (Å²) in [6.45, 7) is 1.71. The van der Waals surface area contributed by atoms with Crippen LogP contribution < -0.4 is 10.2 Å². The van der Waals surface area contributed by atoms with Crippen molar-refractivity contribution < 1.29 is 19.1 Å². The van der Waals surface area contributed by atoms with Gasteiger partial charge >= 0.3 is 0 Å². The molecule has 3 amide bonds. The number of carbonyl (C=O) groups excluding carboxylic acids is 3. The van der Waals surface area contributed by atoms with Gasteiger partial charge in [-0.05, 0) is 37.3 Å². The molecule has 4 unspecified atom stereocenters. The molecule has 2 fully saturated rings. The minimum absolute atomic E-state index is 0.127. The minimum Gasteiger partial charge on any atom is -0.484 e. The maximum absolute atomic E-state index is 12.5. The SMILES string of the molecule is Cc1ccc(OCC(=O)NN2C(=O)C3C4C=CC(C4)C3C2=O)cc1. The third-order valence-electron chi connectivity index (χ3n) is 5.10. The molecule has 124 valence electrons. The largest absolute Gasteiger partial charge is 0.484 e. The number of hydrazine groups is 1. The molecule has 0 spiro atoms. The fourth-order valence-electron chi connectivity index (χ4n) is 3.95. The molecule has 0 radical (unpaired) electrons. The van der Waals surface area contributed by atoms with Crippen LogP contribution in [0.15, 0.2) is 36.4 Å². The van der Waals surface area contributed by atoms with Crippen molar-refractivity contribution in [1.29, 1.82) is 0 Å². The molecule has 1 aromatic carbocycles. The zero-order chi connectivity index (χ0) is 16.8. The van der Waals surface area contributed by atoms with Crippen LogP contribution in [0.1, 0.15) is 12.0 Å². The van der Waals surface area contributed by atoms with E-state index in [0.717, 1.165) is 17.0 Å². The molecule has 1 aromatic rings. The quantitative estimate of drug-likeness (QED) is 0.667. The fraction of sp³-hybridized carbons (Fsp3) is 0.389. The van der Waals surface area contributed by atoms with Gasteiger partial charge in [-0.15, -0.1) is 0 Å². The molecule has 3 aliphatic rings. The Morgan fingerprint density at radius 3 is 2.29 bits per heavy atom. The predicted molar refractivity (Wildman–Crippen MR) is 84.4 cm³/mol. The summed E-state index contributed by atoms with van der Waals surface area (Å²) in [5, 5.41) is 0.891. The van der Waals surface area contributed by atoms with Crippen LogP contribution in [-0.2, 0) is 14.4 Å². The summed E-state index contributed by atoms with van der Waals surface area (Å²) in [7, 11) is 0. The topological polar surface area (TPSA) is 75.7 Å². The Balaban J connectivity index is 1.37. The number of hydrogen-bond donors (Lipinski definition) is 1. The number of carbonyl (C=O) groups is 3. The molecule has 1 saturated carbocycles. The first kappa shape index (κ1) is 14.9. The standard InChI is InChI=1S/C18H18N2O4/c1-10-2-6-13(7-3-10)24-9-14(21)19-20-17(22)15-11-4-5-12(8-11)16(15)18(20)23/h2-7,11-12,15-16H,8-9H2,1H3,(H,19,21). The van der Waals surface area contributed by atoms with Crippen molar-refractivity contribution in [2.45, 2.75) is 13.3 Å². The van der Waals surface area contributed by atoms with Gasteiger partial charge in [0.25, 0.3) is 17.7 Å². The Kier molecular flexibility index (Phi) is 3.40. The van der Waals surface area contributed by atoms with Crippen LogP contribution in [-0.4, -0.2) is 29.3 Å². The number of ether oxygens (including phenoxy) is 1. The molecule has 2 bridgehead atoms. The molecule has 24 heavy (non-hydrogen) atoms. The van der Waals surface area contributed by atoms with Gasteiger partial charge in [-0.3, -0.25) is 19.8 Å². The van der Waals surface area contributed by atoms with E-state index in [1.54, 1.807) is 12.1 Å². The molecule has 6 nitrogen and oxygen atoms in total. The van der Waals surface area contributed by atoms with Gasteiger partial charge in [-0.25, -0.2) is 0 Å². The lowest BCUT2D eigenvalue weighted by Gasteiger charge is -2.18. The summed E-state index contributed by atoms with van der Waals surface area (Å²) in [4.78, 5) is 36.9. The summed E-state index contributed by atoms with van der Waals surface area (Å²) in [6.07, 6.45) is 4.90. The van der Waals surface area contributed by atoms with Gasteiger partial charge in [0, 0.05) is 0 Å². The van der Waals surface area contributed by atoms with E-state index in [0.29, 0.717) is 5.75 Å². The van der Waals surface area contributed by atoms with E-state index in [1.807, 2.05) is 31.2 Å². The van der Waals surface area contributed by atoms with Crippen molar-refractivity contribution in [3.8, 4) is 5.75 Å². The van der Waals surface area contributed by atoms with Crippen LogP contribution in [0.4, 0.5) is 0 Å². The minimum atomic E-state index is -0.516. The van der Waals surface area contributed by atoms with Crippen molar-refractivity contribution in [3.05, 3.63) is 42.0 Å². The Bertz CT molecular complexity index is 710. The second-order valence-electron chi connectivity index (χ2n) is 6.65. The zero-order valence-electron chi connectivity index (χ0n) is 13.3. The number of nitrogens with one attached hydrogen (secondary N) is 1. The Morgan fingerprint density at radius 2 is 1.71 bits per heavy atom. The van der Waals surface area contributed by atoms with Crippen LogP contribution in [0, 0.1) is 30.6 Å². The lowest BCUT2D eigenvalue weighted by atomic mass is 9.85. The molecular weight excluding hydrogens is 308 g/mol. The van der Waals surface area contributed by atoms with E-state index in [-0.39, 0.29) is 42.1 Å². The first-order valence-corrected chi connectivity index (χ1v) is 8.09. The number of aryl methyl sites for hydroxylation is 1. The number of imide groups is 1. The predicted octanol–water partition coefficient (Wildman–Crippen LogP) is 1.21. The number of amides is 3. The lowest BCUT2D eigenvalue weighted by molar-refractivity contribution is -0.150. The number of allylic oxidation sites excluding steroid dienone is 2. The lowest BCUT2D eigenvalue weighted by Crippen LogP contribution is -2.48. The Hall–Kier alpha value is -2.63. The molecule has 1 heterocycles. The van der Waals surface area contributed by atoms with Crippen molar-refractivity contribution in [1.82, 2.24) is 10.4 Å². The summed E-state index contributed by atoms with van der Waals surface area (Å²) >= 11 is 0. The van der Waals surface area contributed by atoms with Gasteiger partial charge in [0.1, 0.15) is 5.75 Å². The maximum atomic E-state index is 12.5. The highest BCUT2D eigenvalue weighted by Gasteiger charge is 2.59. The number of hydrogen-bond acceptors (Lipinski definition) is 4. The van der Waals surface area contributed by atoms with E-state index >= 15 is 0 Å². The highest BCUT2D eigenvalue weighted by atomic mass is 16.5. The van der Waals surface area contributed by atoms with Crippen molar-refractivity contribution in [3.63, 3.8) is 0 Å². The monoisotopic (exact) mass is 326 g/mol. The van der Waals surface area contributed by atoms with E-state index in [9.17, 15) is 14.4 Å². The zero-order valence-corrected chi connectivity index (χ0v) is 13.3. The highest BCUT2D eigenvalue weighted by Crippen LogP contribution is 2.52. The highest BCUT2D eigenvalue weighted by molar-refractivity contribution is 6.07. The van der Waals surface area contributed by atoms with Gasteiger partial charge in [0.05, 0.1) is 11.8 Å². The molecule has 1 saturated heterocycles. The van der Waals surface area contributed by atoms with Gasteiger partial charge in [0.2, 0.25) is 0 Å². The first-order valence-electron chi connectivity index (χ1n) is 8.09. The number of benzene rings is 1. The number of rotatable bonds is 4. The van der Waals surface area contributed by atoms with Gasteiger partial charge in [-0.1, -0.05) is 29.8 Å². The van der Waals surface area contributed by atoms with Crippen LogP contribution >= 0.6 is 0 Å². The molecule has 1 aliphatic heterocycles. The Labute approximate surface area is 139 Å². The van der Waals surface area contributed by atoms with E-state index in [2.05, 4.69) is 5.43 Å². The second kappa shape index (κ2) is 5.47. The van der Waals surface area contributed by atoms with E-state index in [4.69, 9.17) is 4.74 Å². The maximum Gasteiger partial charge on any atom is 0.276 e. The average molecular weight is 326 g/mol. The van der Waals surface area contributed by atoms with E-state index in [1.165, 1.54) is 0 Å². The van der Waals surface area contributed by atoms with Crippen LogP contribution in [0.3, 0.4) is 0 Å². The molecule has 4 atom stereocenters. The van der Waals surface area contributed by atoms with E-state index < -0.39 is 5.91 Å². The number of nitrogens with zero attached hydrogens (tertiary/aromatic N) is 1. The molecule has 4 rings (SSSR count). The third-order valence-corrected chi connectivity index (χ3v) is 5.10. The molecular formula is C18H18N2O4. The summed E-state index contributed by atoms with van der Waals surface area (Å²) < 4.78 is 5.38. The summed E-state index contributed by atoms with van der Waals surface area (Å²) in [5.41, 5.74) is 3.49. The van der Waals surface area contributed by atoms with Crippen molar-refractivity contribution in [2.24, 2.45) is 23.7 Å². The van der Waals surface area contributed by atoms with Crippen LogP contribution in [0.5, 0.6) is 5.75 Å². The van der Waals surface area contributed by atoms with Gasteiger partial charge in [0.15, 0.2) is 6.61 Å². The van der Waals surface area contributed by atoms with Gasteiger partial charge < -0.3 is 4.74 Å². The third kappa shape index (κ3) is 2.29. The first-order chi connectivity index (χ1) is 11.5. The molecule has 1 N–H and O–H groups in total.